The summed E-state index contributed by atoms with van der Waals surface area (Å²) in [6, 6.07) is 7.92. The molecule has 1 saturated carbocycles. The fourth-order valence-electron chi connectivity index (χ4n) is 3.04. The summed E-state index contributed by atoms with van der Waals surface area (Å²) in [6.45, 7) is 2.46. The van der Waals surface area contributed by atoms with Crippen molar-refractivity contribution in [1.29, 1.82) is 0 Å². The number of benzene rings is 1. The van der Waals surface area contributed by atoms with Crippen molar-refractivity contribution < 1.29 is 5.11 Å². The zero-order chi connectivity index (χ0) is 12.5. The molecule has 1 aromatic carbocycles. The van der Waals surface area contributed by atoms with Crippen LogP contribution in [0.1, 0.15) is 38.2 Å². The number of nitrogens with two attached hydrogens (primary N) is 1. The fraction of sp³-hybridized carbons (Fsp3) is 0.571. The summed E-state index contributed by atoms with van der Waals surface area (Å²) in [5.74, 6) is 0. The van der Waals surface area contributed by atoms with Gasteiger partial charge in [-0.2, -0.15) is 0 Å². The van der Waals surface area contributed by atoms with Gasteiger partial charge in [-0.3, -0.25) is 0 Å². The Balaban J connectivity index is 2.40. The second-order valence-electron chi connectivity index (χ2n) is 5.27. The summed E-state index contributed by atoms with van der Waals surface area (Å²) in [7, 11) is 0. The number of hydrogen-bond donors (Lipinski definition) is 2. The predicted octanol–water partition coefficient (Wildman–Crippen LogP) is 3.18. The lowest BCUT2D eigenvalue weighted by atomic mass is 9.68. The average Bonchev–Trinajstić information content (AvgIpc) is 2.79. The van der Waals surface area contributed by atoms with E-state index in [4.69, 9.17) is 5.73 Å². The van der Waals surface area contributed by atoms with Gasteiger partial charge in [0.1, 0.15) is 0 Å². The molecule has 94 valence electrons. The van der Waals surface area contributed by atoms with Gasteiger partial charge in [-0.25, -0.2) is 0 Å². The molecule has 2 rings (SSSR count). The first kappa shape index (κ1) is 13.1. The van der Waals surface area contributed by atoms with Crippen LogP contribution in [0.25, 0.3) is 0 Å². The number of aliphatic hydroxyl groups is 1. The van der Waals surface area contributed by atoms with Crippen LogP contribution in [-0.2, 0) is 5.60 Å². The van der Waals surface area contributed by atoms with Crippen LogP contribution in [-0.4, -0.2) is 11.7 Å². The van der Waals surface area contributed by atoms with Crippen LogP contribution in [0.3, 0.4) is 0 Å². The van der Waals surface area contributed by atoms with Gasteiger partial charge in [0.05, 0.1) is 5.60 Å². The third kappa shape index (κ3) is 2.16. The Morgan fingerprint density at radius 3 is 2.59 bits per heavy atom. The molecule has 3 N–H and O–H groups in total. The molecule has 1 aromatic rings. The Labute approximate surface area is 111 Å². The molecule has 0 bridgehead atoms. The quantitative estimate of drug-likeness (QED) is 0.900. The third-order valence-electron chi connectivity index (χ3n) is 4.37. The maximum Gasteiger partial charge on any atom is 0.0936 e. The molecule has 17 heavy (non-hydrogen) atoms. The molecule has 0 saturated heterocycles. The van der Waals surface area contributed by atoms with E-state index in [0.717, 1.165) is 22.9 Å². The highest BCUT2D eigenvalue weighted by Crippen LogP contribution is 2.50. The summed E-state index contributed by atoms with van der Waals surface area (Å²) in [6.07, 6.45) is 4.37. The molecule has 0 aromatic heterocycles. The number of halogens is 1. The van der Waals surface area contributed by atoms with E-state index in [-0.39, 0.29) is 5.41 Å². The molecule has 2 nitrogen and oxygen atoms in total. The van der Waals surface area contributed by atoms with Gasteiger partial charge in [0.25, 0.3) is 0 Å². The third-order valence-corrected chi connectivity index (χ3v) is 4.86. The van der Waals surface area contributed by atoms with Crippen molar-refractivity contribution in [2.45, 2.75) is 38.2 Å². The second kappa shape index (κ2) is 4.71. The van der Waals surface area contributed by atoms with Gasteiger partial charge in [0.2, 0.25) is 0 Å². The first-order chi connectivity index (χ1) is 8.02. The molecule has 0 radical (unpaired) electrons. The standard InChI is InChI=1S/C14H20BrNO/c1-13(17,11-5-4-6-12(15)9-11)14(10-16)7-2-3-8-14/h4-6,9,17H,2-3,7-8,10,16H2,1H3. The smallest absolute Gasteiger partial charge is 0.0936 e. The van der Waals surface area contributed by atoms with Gasteiger partial charge in [-0.1, -0.05) is 40.9 Å². The summed E-state index contributed by atoms with van der Waals surface area (Å²) in [5.41, 5.74) is 5.91. The van der Waals surface area contributed by atoms with Crippen LogP contribution in [0.5, 0.6) is 0 Å². The van der Waals surface area contributed by atoms with Crippen LogP contribution < -0.4 is 5.73 Å². The lowest BCUT2D eigenvalue weighted by Gasteiger charge is -2.42. The van der Waals surface area contributed by atoms with Crippen LogP contribution in [0, 0.1) is 5.41 Å². The van der Waals surface area contributed by atoms with Crippen molar-refractivity contribution in [2.75, 3.05) is 6.54 Å². The Bertz CT molecular complexity index is 397. The SMILES string of the molecule is CC(O)(c1cccc(Br)c1)C1(CN)CCCC1. The van der Waals surface area contributed by atoms with Gasteiger partial charge in [-0.05, 0) is 37.5 Å². The molecule has 1 aliphatic carbocycles. The molecule has 0 heterocycles. The minimum absolute atomic E-state index is 0.159. The van der Waals surface area contributed by atoms with E-state index >= 15 is 0 Å². The molecule has 0 aliphatic heterocycles. The van der Waals surface area contributed by atoms with Crippen molar-refractivity contribution in [3.8, 4) is 0 Å². The number of rotatable bonds is 3. The first-order valence-electron chi connectivity index (χ1n) is 6.20. The van der Waals surface area contributed by atoms with E-state index in [9.17, 15) is 5.11 Å². The van der Waals surface area contributed by atoms with Crippen molar-refractivity contribution in [2.24, 2.45) is 11.1 Å². The maximum absolute atomic E-state index is 11.0. The maximum atomic E-state index is 11.0. The largest absolute Gasteiger partial charge is 0.385 e. The Kier molecular flexibility index (Phi) is 3.62. The van der Waals surface area contributed by atoms with Crippen LogP contribution in [0.4, 0.5) is 0 Å². The molecule has 1 atom stereocenters. The summed E-state index contributed by atoms with van der Waals surface area (Å²) < 4.78 is 1.00. The topological polar surface area (TPSA) is 46.2 Å². The highest BCUT2D eigenvalue weighted by atomic mass is 79.9. The summed E-state index contributed by atoms with van der Waals surface area (Å²) in [5, 5.41) is 11.0. The minimum atomic E-state index is -0.845. The molecule has 0 amide bonds. The summed E-state index contributed by atoms with van der Waals surface area (Å²) >= 11 is 3.46. The second-order valence-corrected chi connectivity index (χ2v) is 6.19. The van der Waals surface area contributed by atoms with Crippen molar-refractivity contribution in [3.63, 3.8) is 0 Å². The van der Waals surface area contributed by atoms with E-state index in [0.29, 0.717) is 6.54 Å². The summed E-state index contributed by atoms with van der Waals surface area (Å²) in [4.78, 5) is 0. The van der Waals surface area contributed by atoms with Gasteiger partial charge in [-0.15, -0.1) is 0 Å². The highest BCUT2D eigenvalue weighted by molar-refractivity contribution is 9.10. The van der Waals surface area contributed by atoms with Crippen LogP contribution in [0.15, 0.2) is 28.7 Å². The van der Waals surface area contributed by atoms with E-state index in [1.54, 1.807) is 0 Å². The highest BCUT2D eigenvalue weighted by Gasteiger charge is 2.48. The molecule has 1 unspecified atom stereocenters. The lowest BCUT2D eigenvalue weighted by Crippen LogP contribution is -2.46. The van der Waals surface area contributed by atoms with Crippen LogP contribution >= 0.6 is 15.9 Å². The Hall–Kier alpha value is -0.380. The molecule has 3 heteroatoms. The Morgan fingerprint density at radius 1 is 1.41 bits per heavy atom. The molecular formula is C14H20BrNO. The van der Waals surface area contributed by atoms with Gasteiger partial charge in [0.15, 0.2) is 0 Å². The first-order valence-corrected chi connectivity index (χ1v) is 7.00. The van der Waals surface area contributed by atoms with Crippen molar-refractivity contribution in [3.05, 3.63) is 34.3 Å². The fourth-order valence-corrected chi connectivity index (χ4v) is 3.44. The van der Waals surface area contributed by atoms with E-state index < -0.39 is 5.60 Å². The van der Waals surface area contributed by atoms with E-state index in [1.165, 1.54) is 12.8 Å². The minimum Gasteiger partial charge on any atom is -0.385 e. The number of hydrogen-bond acceptors (Lipinski definition) is 2. The molecular weight excluding hydrogens is 278 g/mol. The molecule has 1 fully saturated rings. The lowest BCUT2D eigenvalue weighted by molar-refractivity contribution is -0.0694. The monoisotopic (exact) mass is 297 g/mol. The van der Waals surface area contributed by atoms with Crippen LogP contribution in [0.2, 0.25) is 0 Å². The Morgan fingerprint density at radius 2 is 2.06 bits per heavy atom. The van der Waals surface area contributed by atoms with Crippen molar-refractivity contribution >= 4 is 15.9 Å². The predicted molar refractivity (Wildman–Crippen MR) is 73.7 cm³/mol. The zero-order valence-corrected chi connectivity index (χ0v) is 11.8. The van der Waals surface area contributed by atoms with Gasteiger partial charge < -0.3 is 10.8 Å². The molecule has 1 aliphatic rings. The van der Waals surface area contributed by atoms with E-state index in [2.05, 4.69) is 15.9 Å². The normalized spacial score (nSPS) is 22.4. The molecule has 0 spiro atoms. The van der Waals surface area contributed by atoms with Gasteiger partial charge in [0, 0.05) is 16.4 Å². The van der Waals surface area contributed by atoms with Gasteiger partial charge >= 0.3 is 0 Å². The van der Waals surface area contributed by atoms with Crippen molar-refractivity contribution in [1.82, 2.24) is 0 Å². The zero-order valence-electron chi connectivity index (χ0n) is 10.2. The van der Waals surface area contributed by atoms with E-state index in [1.807, 2.05) is 31.2 Å². The average molecular weight is 298 g/mol.